The van der Waals surface area contributed by atoms with Crippen LogP contribution in [0.2, 0.25) is 0 Å². The maximum absolute atomic E-state index is 12.7. The number of aromatic nitrogens is 1. The molecule has 5 heteroatoms. The fraction of sp³-hybridized carbons (Fsp3) is 0.545. The quantitative estimate of drug-likeness (QED) is 0.865. The van der Waals surface area contributed by atoms with Crippen LogP contribution < -0.4 is 5.32 Å². The van der Waals surface area contributed by atoms with Gasteiger partial charge in [0.2, 0.25) is 11.8 Å². The molecule has 1 aliphatic heterocycles. The predicted molar refractivity (Wildman–Crippen MR) is 109 cm³/mol. The van der Waals surface area contributed by atoms with E-state index in [1.54, 1.807) is 0 Å². The first-order valence-electron chi connectivity index (χ1n) is 9.80. The number of aromatic amines is 1. The van der Waals surface area contributed by atoms with Gasteiger partial charge < -0.3 is 15.2 Å². The summed E-state index contributed by atoms with van der Waals surface area (Å²) in [6.07, 6.45) is 1.26. The first-order chi connectivity index (χ1) is 12.6. The molecule has 5 nitrogen and oxygen atoms in total. The highest BCUT2D eigenvalue weighted by Gasteiger charge is 2.39. The minimum absolute atomic E-state index is 0.0382. The van der Waals surface area contributed by atoms with Gasteiger partial charge in [-0.15, -0.1) is 0 Å². The van der Waals surface area contributed by atoms with Crippen LogP contribution in [-0.4, -0.2) is 33.8 Å². The maximum Gasteiger partial charge on any atom is 0.225 e. The molecule has 1 aromatic carbocycles. The molecule has 0 unspecified atom stereocenters. The van der Waals surface area contributed by atoms with Gasteiger partial charge in [0, 0.05) is 36.1 Å². The van der Waals surface area contributed by atoms with Crippen molar-refractivity contribution in [3.8, 4) is 0 Å². The van der Waals surface area contributed by atoms with Crippen molar-refractivity contribution >= 4 is 22.7 Å². The number of benzene rings is 1. The van der Waals surface area contributed by atoms with Gasteiger partial charge in [-0.3, -0.25) is 9.59 Å². The van der Waals surface area contributed by atoms with Gasteiger partial charge in [-0.2, -0.15) is 0 Å². The summed E-state index contributed by atoms with van der Waals surface area (Å²) in [5.41, 5.74) is 5.67. The largest absolute Gasteiger partial charge is 0.358 e. The highest BCUT2D eigenvalue weighted by atomic mass is 16.2. The van der Waals surface area contributed by atoms with Crippen LogP contribution in [0.4, 0.5) is 0 Å². The topological polar surface area (TPSA) is 65.2 Å². The van der Waals surface area contributed by atoms with E-state index in [1.165, 1.54) is 22.2 Å². The monoisotopic (exact) mass is 369 g/mol. The zero-order chi connectivity index (χ0) is 19.9. The molecule has 0 bridgehead atoms. The Morgan fingerprint density at radius 1 is 1.30 bits per heavy atom. The van der Waals surface area contributed by atoms with Gasteiger partial charge in [0.25, 0.3) is 0 Å². The van der Waals surface area contributed by atoms with Crippen LogP contribution in [-0.2, 0) is 22.6 Å². The Morgan fingerprint density at radius 2 is 2.00 bits per heavy atom. The lowest BCUT2D eigenvalue weighted by molar-refractivity contribution is -0.132. The molecule has 3 rings (SSSR count). The number of likely N-dealkylation sites (tertiary alicyclic amines) is 1. The average molecular weight is 370 g/mol. The van der Waals surface area contributed by atoms with Crippen molar-refractivity contribution in [3.63, 3.8) is 0 Å². The third-order valence-corrected chi connectivity index (χ3v) is 5.61. The van der Waals surface area contributed by atoms with Crippen LogP contribution in [0.3, 0.4) is 0 Å². The van der Waals surface area contributed by atoms with E-state index in [4.69, 9.17) is 0 Å². The van der Waals surface area contributed by atoms with Crippen molar-refractivity contribution in [3.05, 3.63) is 34.5 Å². The minimum Gasteiger partial charge on any atom is -0.358 e. The number of nitrogens with zero attached hydrogens (tertiary/aromatic N) is 1. The van der Waals surface area contributed by atoms with Crippen LogP contribution in [0.1, 0.15) is 56.5 Å². The standard InChI is InChI=1S/C22H31N3O2/c1-7-18-14(3)17-9-13(2)8-15(20(17)24-18)11-23-21(27)16-10-19(26)25(12-16)22(4,5)6/h8-9,16,24H,7,10-12H2,1-6H3,(H,23,27)/t16-/m1/s1. The number of carbonyl (C=O) groups excluding carboxylic acids is 2. The number of hydrogen-bond acceptors (Lipinski definition) is 2. The zero-order valence-electron chi connectivity index (χ0n) is 17.3. The number of rotatable bonds is 4. The Morgan fingerprint density at radius 3 is 2.59 bits per heavy atom. The molecule has 0 saturated carbocycles. The average Bonchev–Trinajstić information content (AvgIpc) is 3.13. The second-order valence-corrected chi connectivity index (χ2v) is 8.72. The van der Waals surface area contributed by atoms with Crippen LogP contribution >= 0.6 is 0 Å². The fourth-order valence-corrected chi connectivity index (χ4v) is 4.06. The Kier molecular flexibility index (Phi) is 5.06. The van der Waals surface area contributed by atoms with E-state index in [0.717, 1.165) is 17.5 Å². The third-order valence-electron chi connectivity index (χ3n) is 5.61. The molecule has 1 aliphatic rings. The summed E-state index contributed by atoms with van der Waals surface area (Å²) < 4.78 is 0. The lowest BCUT2D eigenvalue weighted by atomic mass is 10.0. The predicted octanol–water partition coefficient (Wildman–Crippen LogP) is 3.61. The molecule has 2 amide bonds. The van der Waals surface area contributed by atoms with Gasteiger partial charge in [-0.1, -0.05) is 18.6 Å². The van der Waals surface area contributed by atoms with E-state index >= 15 is 0 Å². The van der Waals surface area contributed by atoms with E-state index in [-0.39, 0.29) is 23.3 Å². The molecule has 1 atom stereocenters. The van der Waals surface area contributed by atoms with Crippen LogP contribution in [0.15, 0.2) is 12.1 Å². The SMILES string of the molecule is CCc1[nH]c2c(CNC(=O)[C@@H]3CC(=O)N(C(C)(C)C)C3)cc(C)cc2c1C. The first kappa shape index (κ1) is 19.5. The van der Waals surface area contributed by atoms with Gasteiger partial charge in [0.05, 0.1) is 11.4 Å². The van der Waals surface area contributed by atoms with Crippen LogP contribution in [0.5, 0.6) is 0 Å². The van der Waals surface area contributed by atoms with Gasteiger partial charge in [0.1, 0.15) is 0 Å². The molecular formula is C22H31N3O2. The summed E-state index contributed by atoms with van der Waals surface area (Å²) in [6, 6.07) is 4.32. The van der Waals surface area contributed by atoms with E-state index < -0.39 is 0 Å². The molecule has 0 radical (unpaired) electrons. The van der Waals surface area contributed by atoms with Crippen molar-refractivity contribution < 1.29 is 9.59 Å². The molecular weight excluding hydrogens is 338 g/mol. The number of aryl methyl sites for hydroxylation is 3. The molecule has 0 spiro atoms. The number of amides is 2. The summed E-state index contributed by atoms with van der Waals surface area (Å²) in [4.78, 5) is 30.3. The highest BCUT2D eigenvalue weighted by Crippen LogP contribution is 2.28. The molecule has 0 aliphatic carbocycles. The van der Waals surface area contributed by atoms with Gasteiger partial charge in [0.15, 0.2) is 0 Å². The summed E-state index contributed by atoms with van der Waals surface area (Å²) in [6.45, 7) is 13.4. The second kappa shape index (κ2) is 7.02. The minimum atomic E-state index is -0.270. The lowest BCUT2D eigenvalue weighted by Crippen LogP contribution is -2.43. The number of fused-ring (bicyclic) bond motifs is 1. The van der Waals surface area contributed by atoms with Crippen molar-refractivity contribution in [1.29, 1.82) is 0 Å². The number of carbonyl (C=O) groups is 2. The van der Waals surface area contributed by atoms with Crippen molar-refractivity contribution in [1.82, 2.24) is 15.2 Å². The van der Waals surface area contributed by atoms with E-state index in [0.29, 0.717) is 19.5 Å². The Bertz CT molecular complexity index is 889. The first-order valence-corrected chi connectivity index (χ1v) is 9.80. The van der Waals surface area contributed by atoms with Gasteiger partial charge >= 0.3 is 0 Å². The Hall–Kier alpha value is -2.30. The molecule has 1 aromatic heterocycles. The molecule has 2 N–H and O–H groups in total. The number of nitrogens with one attached hydrogen (secondary N) is 2. The van der Waals surface area contributed by atoms with E-state index in [1.807, 2.05) is 25.7 Å². The van der Waals surface area contributed by atoms with E-state index in [9.17, 15) is 9.59 Å². The summed E-state index contributed by atoms with van der Waals surface area (Å²) in [5, 5.41) is 4.29. The maximum atomic E-state index is 12.7. The van der Waals surface area contributed by atoms with Crippen LogP contribution in [0.25, 0.3) is 10.9 Å². The Labute approximate surface area is 161 Å². The highest BCUT2D eigenvalue weighted by molar-refractivity contribution is 5.91. The smallest absolute Gasteiger partial charge is 0.225 e. The molecule has 146 valence electrons. The molecule has 1 saturated heterocycles. The molecule has 27 heavy (non-hydrogen) atoms. The summed E-state index contributed by atoms with van der Waals surface area (Å²) in [7, 11) is 0. The third kappa shape index (κ3) is 3.73. The molecule has 1 fully saturated rings. The van der Waals surface area contributed by atoms with Gasteiger partial charge in [-0.05, 0) is 58.2 Å². The van der Waals surface area contributed by atoms with E-state index in [2.05, 4.69) is 43.2 Å². The normalized spacial score (nSPS) is 17.8. The zero-order valence-corrected chi connectivity index (χ0v) is 17.3. The van der Waals surface area contributed by atoms with Crippen molar-refractivity contribution in [2.75, 3.05) is 6.54 Å². The fourth-order valence-electron chi connectivity index (χ4n) is 4.06. The molecule has 2 heterocycles. The van der Waals surface area contributed by atoms with Crippen LogP contribution in [0, 0.1) is 19.8 Å². The lowest BCUT2D eigenvalue weighted by Gasteiger charge is -2.31. The Balaban J connectivity index is 1.76. The van der Waals surface area contributed by atoms with Crippen molar-refractivity contribution in [2.24, 2.45) is 5.92 Å². The summed E-state index contributed by atoms with van der Waals surface area (Å²) in [5.74, 6) is -0.245. The molecule has 2 aromatic rings. The summed E-state index contributed by atoms with van der Waals surface area (Å²) >= 11 is 0. The number of hydrogen-bond donors (Lipinski definition) is 2. The second-order valence-electron chi connectivity index (χ2n) is 8.72. The number of H-pyrrole nitrogens is 1. The van der Waals surface area contributed by atoms with Gasteiger partial charge in [-0.25, -0.2) is 0 Å². The van der Waals surface area contributed by atoms with Crippen molar-refractivity contribution in [2.45, 2.75) is 66.5 Å².